The Morgan fingerprint density at radius 2 is 1.63 bits per heavy atom. The molecule has 1 fully saturated rings. The van der Waals surface area contributed by atoms with Gasteiger partial charge in [0.15, 0.2) is 0 Å². The van der Waals surface area contributed by atoms with Crippen LogP contribution >= 0.6 is 0 Å². The summed E-state index contributed by atoms with van der Waals surface area (Å²) >= 11 is 0. The second kappa shape index (κ2) is 8.18. The summed E-state index contributed by atoms with van der Waals surface area (Å²) in [7, 11) is 0. The van der Waals surface area contributed by atoms with Crippen LogP contribution in [0.15, 0.2) is 54.6 Å². The normalized spacial score (nSPS) is 19.7. The zero-order valence-electron chi connectivity index (χ0n) is 17.3. The van der Waals surface area contributed by atoms with Crippen molar-refractivity contribution in [1.29, 1.82) is 0 Å². The van der Waals surface area contributed by atoms with E-state index in [1.165, 1.54) is 24.3 Å². The number of amides is 3. The predicted molar refractivity (Wildman–Crippen MR) is 111 cm³/mol. The lowest BCUT2D eigenvalue weighted by molar-refractivity contribution is -0.228. The maximum atomic E-state index is 13.1. The molecule has 0 saturated carbocycles. The van der Waals surface area contributed by atoms with Gasteiger partial charge in [-0.05, 0) is 49.6 Å². The maximum Gasteiger partial charge on any atom is 0.335 e. The lowest BCUT2D eigenvalue weighted by Gasteiger charge is -2.60. The van der Waals surface area contributed by atoms with E-state index >= 15 is 0 Å². The first-order valence-electron chi connectivity index (χ1n) is 9.98. The largest absolute Gasteiger partial charge is 0.478 e. The Morgan fingerprint density at radius 1 is 1.03 bits per heavy atom. The smallest absolute Gasteiger partial charge is 0.335 e. The molecule has 0 spiro atoms. The number of nitrogens with one attached hydrogen (secondary N) is 1. The fraction of sp³-hybridized carbons (Fsp3) is 0.348. The van der Waals surface area contributed by atoms with Gasteiger partial charge in [0.25, 0.3) is 0 Å². The average Bonchev–Trinajstić information content (AvgIpc) is 2.74. The Balaban J connectivity index is 1.84. The van der Waals surface area contributed by atoms with E-state index in [2.05, 4.69) is 5.32 Å². The Bertz CT molecular complexity index is 938. The number of hydrogen-bond acceptors (Lipinski definition) is 4. The van der Waals surface area contributed by atoms with E-state index in [1.54, 1.807) is 6.92 Å². The minimum atomic E-state index is -1.20. The second-order valence-corrected chi connectivity index (χ2v) is 7.49. The van der Waals surface area contributed by atoms with Gasteiger partial charge in [0, 0.05) is 6.54 Å². The molecule has 158 valence electrons. The highest BCUT2D eigenvalue weighted by molar-refractivity contribution is 6.04. The van der Waals surface area contributed by atoms with E-state index in [-0.39, 0.29) is 18.0 Å². The van der Waals surface area contributed by atoms with Crippen LogP contribution in [0.3, 0.4) is 0 Å². The number of nitrogens with zero attached hydrogens (tertiary/aromatic N) is 1. The van der Waals surface area contributed by atoms with Crippen LogP contribution in [-0.4, -0.2) is 33.6 Å². The first-order valence-corrected chi connectivity index (χ1v) is 9.98. The molecule has 1 atom stereocenters. The minimum Gasteiger partial charge on any atom is -0.478 e. The topological polar surface area (TPSA) is 95.9 Å². The molecule has 2 aromatic rings. The van der Waals surface area contributed by atoms with Crippen LogP contribution in [0, 0.1) is 5.41 Å². The molecular formula is C23H26N2O5. The van der Waals surface area contributed by atoms with Crippen molar-refractivity contribution in [1.82, 2.24) is 10.2 Å². The van der Waals surface area contributed by atoms with Crippen molar-refractivity contribution >= 4 is 17.9 Å². The van der Waals surface area contributed by atoms with Crippen molar-refractivity contribution in [2.45, 2.75) is 45.9 Å². The molecule has 2 aromatic carbocycles. The number of carboxylic acids is 1. The lowest BCUT2D eigenvalue weighted by atomic mass is 9.64. The average molecular weight is 410 g/mol. The number of ether oxygens (including phenoxy) is 1. The van der Waals surface area contributed by atoms with E-state index in [9.17, 15) is 14.4 Å². The van der Waals surface area contributed by atoms with E-state index in [0.29, 0.717) is 18.6 Å². The van der Waals surface area contributed by atoms with Crippen LogP contribution in [0.25, 0.3) is 0 Å². The monoisotopic (exact) mass is 410 g/mol. The zero-order chi connectivity index (χ0) is 21.9. The van der Waals surface area contributed by atoms with E-state index in [1.807, 2.05) is 44.2 Å². The molecular weight excluding hydrogens is 384 g/mol. The Kier molecular flexibility index (Phi) is 5.82. The van der Waals surface area contributed by atoms with Crippen LogP contribution in [-0.2, 0) is 11.3 Å². The molecule has 7 heteroatoms. The summed E-state index contributed by atoms with van der Waals surface area (Å²) in [5, 5.41) is 11.9. The zero-order valence-corrected chi connectivity index (χ0v) is 17.3. The summed E-state index contributed by atoms with van der Waals surface area (Å²) < 4.78 is 6.18. The molecule has 1 saturated heterocycles. The van der Waals surface area contributed by atoms with Crippen LogP contribution in [0.2, 0.25) is 0 Å². The highest BCUT2D eigenvalue weighted by atomic mass is 16.5. The van der Waals surface area contributed by atoms with Crippen molar-refractivity contribution in [3.05, 3.63) is 65.7 Å². The molecule has 30 heavy (non-hydrogen) atoms. The third-order valence-corrected chi connectivity index (χ3v) is 6.04. The standard InChI is InChI=1S/C23H26N2O5/c1-4-23(5-2)20(28)25(21(29)24-15-16-9-7-6-8-10-16)22(23,3)30-18-13-11-17(12-14-18)19(26)27/h6-14H,4-5,15H2,1-3H3,(H,24,29)(H,26,27)/t22-/m1/s1. The van der Waals surface area contributed by atoms with E-state index < -0.39 is 23.1 Å². The number of likely N-dealkylation sites (tertiary alicyclic amines) is 1. The number of aromatic carboxylic acids is 1. The quantitative estimate of drug-likeness (QED) is 0.672. The molecule has 3 rings (SSSR count). The lowest BCUT2D eigenvalue weighted by Crippen LogP contribution is -2.81. The van der Waals surface area contributed by atoms with Gasteiger partial charge in [-0.2, -0.15) is 0 Å². The molecule has 0 aliphatic carbocycles. The van der Waals surface area contributed by atoms with Gasteiger partial charge in [-0.3, -0.25) is 4.79 Å². The van der Waals surface area contributed by atoms with Gasteiger partial charge in [-0.1, -0.05) is 44.2 Å². The highest BCUT2D eigenvalue weighted by Gasteiger charge is 2.71. The molecule has 3 amide bonds. The number of carboxylic acid groups (broad SMARTS) is 1. The fourth-order valence-electron chi connectivity index (χ4n) is 4.15. The highest BCUT2D eigenvalue weighted by Crippen LogP contribution is 2.53. The number of carbonyl (C=O) groups is 3. The van der Waals surface area contributed by atoms with Crippen molar-refractivity contribution < 1.29 is 24.2 Å². The third-order valence-electron chi connectivity index (χ3n) is 6.04. The number of rotatable bonds is 7. The van der Waals surface area contributed by atoms with Crippen LogP contribution in [0.1, 0.15) is 49.5 Å². The molecule has 1 aliphatic heterocycles. The number of hydrogen-bond donors (Lipinski definition) is 2. The van der Waals surface area contributed by atoms with Crippen molar-refractivity contribution in [3.63, 3.8) is 0 Å². The number of urea groups is 1. The molecule has 0 aromatic heterocycles. The van der Waals surface area contributed by atoms with Gasteiger partial charge in [-0.15, -0.1) is 0 Å². The van der Waals surface area contributed by atoms with Crippen LogP contribution in [0.4, 0.5) is 4.79 Å². The summed E-state index contributed by atoms with van der Waals surface area (Å²) in [6.45, 7) is 5.82. The molecule has 1 heterocycles. The molecule has 7 nitrogen and oxygen atoms in total. The Hall–Kier alpha value is -3.35. The fourth-order valence-corrected chi connectivity index (χ4v) is 4.15. The summed E-state index contributed by atoms with van der Waals surface area (Å²) in [6, 6.07) is 14.8. The first kappa shape index (κ1) is 21.4. The minimum absolute atomic E-state index is 0.131. The predicted octanol–water partition coefficient (Wildman–Crippen LogP) is 4.04. The van der Waals surface area contributed by atoms with Gasteiger partial charge >= 0.3 is 12.0 Å². The summed E-state index contributed by atoms with van der Waals surface area (Å²) in [5.74, 6) is -0.921. The van der Waals surface area contributed by atoms with Gasteiger partial charge in [0.1, 0.15) is 11.2 Å². The van der Waals surface area contributed by atoms with Gasteiger partial charge in [0.2, 0.25) is 11.6 Å². The van der Waals surface area contributed by atoms with Crippen molar-refractivity contribution in [2.75, 3.05) is 0 Å². The summed E-state index contributed by atoms with van der Waals surface area (Å²) in [5.41, 5.74) is -0.989. The van der Waals surface area contributed by atoms with Crippen molar-refractivity contribution in [2.24, 2.45) is 5.41 Å². The molecule has 0 bridgehead atoms. The molecule has 0 unspecified atom stereocenters. The van der Waals surface area contributed by atoms with Crippen molar-refractivity contribution in [3.8, 4) is 5.75 Å². The SMILES string of the molecule is CCC1(CC)C(=O)N(C(=O)NCc2ccccc2)[C@]1(C)Oc1ccc(C(=O)O)cc1. The number of imide groups is 1. The number of benzene rings is 2. The first-order chi connectivity index (χ1) is 14.3. The van der Waals surface area contributed by atoms with Crippen LogP contribution in [0.5, 0.6) is 5.75 Å². The third kappa shape index (κ3) is 3.40. The van der Waals surface area contributed by atoms with Gasteiger partial charge in [-0.25, -0.2) is 14.5 Å². The Morgan fingerprint density at radius 3 is 2.17 bits per heavy atom. The molecule has 0 radical (unpaired) electrons. The van der Waals surface area contributed by atoms with Gasteiger partial charge < -0.3 is 15.2 Å². The number of β-lactam (4-membered cyclic amide) rings is 1. The number of carbonyl (C=O) groups excluding carboxylic acids is 2. The molecule has 2 N–H and O–H groups in total. The van der Waals surface area contributed by atoms with Gasteiger partial charge in [0.05, 0.1) is 5.56 Å². The summed E-state index contributed by atoms with van der Waals surface area (Å²) in [6.07, 6.45) is 1.02. The maximum absolute atomic E-state index is 13.1. The van der Waals surface area contributed by atoms with E-state index in [4.69, 9.17) is 9.84 Å². The van der Waals surface area contributed by atoms with Crippen LogP contribution < -0.4 is 10.1 Å². The van der Waals surface area contributed by atoms with E-state index in [0.717, 1.165) is 10.5 Å². The Labute approximate surface area is 175 Å². The second-order valence-electron chi connectivity index (χ2n) is 7.49. The summed E-state index contributed by atoms with van der Waals surface area (Å²) in [4.78, 5) is 38.2. The molecule has 1 aliphatic rings.